The molecule has 7 nitrogen and oxygen atoms in total. The van der Waals surface area contributed by atoms with Gasteiger partial charge in [0.25, 0.3) is 11.7 Å². The Morgan fingerprint density at radius 3 is 2.37 bits per heavy atom. The van der Waals surface area contributed by atoms with Crippen LogP contribution in [0.3, 0.4) is 0 Å². The lowest BCUT2D eigenvalue weighted by atomic mass is 9.93. The predicted molar refractivity (Wildman–Crippen MR) is 132 cm³/mol. The summed E-state index contributed by atoms with van der Waals surface area (Å²) in [5, 5.41) is 21.2. The number of carbonyl (C=O) groups is 2. The highest BCUT2D eigenvalue weighted by Gasteiger charge is 2.46. The van der Waals surface area contributed by atoms with Gasteiger partial charge in [0.05, 0.1) is 18.2 Å². The largest absolute Gasteiger partial charge is 0.508 e. The second-order valence-corrected chi connectivity index (χ2v) is 8.71. The molecule has 1 saturated heterocycles. The van der Waals surface area contributed by atoms with E-state index >= 15 is 0 Å². The lowest BCUT2D eigenvalue weighted by molar-refractivity contribution is -0.140. The van der Waals surface area contributed by atoms with Crippen molar-refractivity contribution in [2.24, 2.45) is 0 Å². The van der Waals surface area contributed by atoms with Gasteiger partial charge in [0, 0.05) is 24.5 Å². The summed E-state index contributed by atoms with van der Waals surface area (Å²) < 4.78 is 5.73. The van der Waals surface area contributed by atoms with Gasteiger partial charge >= 0.3 is 0 Å². The van der Waals surface area contributed by atoms with E-state index in [2.05, 4.69) is 4.98 Å². The van der Waals surface area contributed by atoms with Crippen molar-refractivity contribution in [3.8, 4) is 11.5 Å². The maximum absolute atomic E-state index is 13.3. The van der Waals surface area contributed by atoms with Crippen LogP contribution in [0.25, 0.3) is 5.76 Å². The number of aromatic nitrogens is 1. The van der Waals surface area contributed by atoms with Crippen LogP contribution >= 0.6 is 0 Å². The molecule has 0 spiro atoms. The van der Waals surface area contributed by atoms with E-state index in [-0.39, 0.29) is 29.5 Å². The summed E-state index contributed by atoms with van der Waals surface area (Å²) in [6, 6.07) is 14.3. The van der Waals surface area contributed by atoms with Crippen LogP contribution in [0.1, 0.15) is 55.0 Å². The zero-order valence-electron chi connectivity index (χ0n) is 19.9. The van der Waals surface area contributed by atoms with Crippen molar-refractivity contribution >= 4 is 17.4 Å². The van der Waals surface area contributed by atoms with Crippen LogP contribution in [0.15, 0.2) is 72.6 Å². The van der Waals surface area contributed by atoms with Crippen LogP contribution in [0.5, 0.6) is 11.5 Å². The molecular weight excluding hydrogens is 444 g/mol. The standard InChI is InChI=1S/C28H28N2O5/c1-4-35-23-10-7-20(15-22(23)17(2)3)26(32)24-25(19-5-8-21(31)9-6-19)30(28(34)27(24)33)16-18-11-13-29-14-12-18/h5-15,17,25,31-32H,4,16H2,1-3H3/b26-24-. The summed E-state index contributed by atoms with van der Waals surface area (Å²) in [6.07, 6.45) is 3.24. The molecule has 1 atom stereocenters. The molecule has 0 bridgehead atoms. The monoisotopic (exact) mass is 472 g/mol. The molecule has 1 aliphatic rings. The molecule has 0 saturated carbocycles. The third kappa shape index (κ3) is 4.75. The number of benzene rings is 2. The number of ketones is 1. The molecule has 180 valence electrons. The van der Waals surface area contributed by atoms with Crippen molar-refractivity contribution in [1.82, 2.24) is 9.88 Å². The number of hydrogen-bond acceptors (Lipinski definition) is 6. The first kappa shape index (κ1) is 24.0. The number of amides is 1. The number of aliphatic hydroxyl groups excluding tert-OH is 1. The van der Waals surface area contributed by atoms with Gasteiger partial charge in [-0.25, -0.2) is 0 Å². The fourth-order valence-corrected chi connectivity index (χ4v) is 4.32. The first-order valence-electron chi connectivity index (χ1n) is 11.5. The van der Waals surface area contributed by atoms with Crippen LogP contribution in [0.4, 0.5) is 0 Å². The van der Waals surface area contributed by atoms with Crippen molar-refractivity contribution in [2.75, 3.05) is 6.61 Å². The molecule has 4 rings (SSSR count). The molecule has 7 heteroatoms. The maximum Gasteiger partial charge on any atom is 0.295 e. The molecule has 1 fully saturated rings. The van der Waals surface area contributed by atoms with E-state index in [1.807, 2.05) is 20.8 Å². The Bertz CT molecular complexity index is 1270. The second kappa shape index (κ2) is 10.0. The summed E-state index contributed by atoms with van der Waals surface area (Å²) in [4.78, 5) is 31.9. The smallest absolute Gasteiger partial charge is 0.295 e. The van der Waals surface area contributed by atoms with Crippen molar-refractivity contribution in [3.05, 3.63) is 94.8 Å². The first-order chi connectivity index (χ1) is 16.8. The number of aliphatic hydroxyl groups is 1. The third-order valence-corrected chi connectivity index (χ3v) is 6.06. The minimum Gasteiger partial charge on any atom is -0.508 e. The fourth-order valence-electron chi connectivity index (χ4n) is 4.32. The molecule has 1 amide bonds. The molecule has 35 heavy (non-hydrogen) atoms. The molecule has 1 aromatic heterocycles. The van der Waals surface area contributed by atoms with Crippen molar-refractivity contribution in [1.29, 1.82) is 0 Å². The zero-order valence-corrected chi connectivity index (χ0v) is 19.9. The number of nitrogens with zero attached hydrogens (tertiary/aromatic N) is 2. The van der Waals surface area contributed by atoms with Crippen molar-refractivity contribution < 1.29 is 24.5 Å². The third-order valence-electron chi connectivity index (χ3n) is 6.06. The Balaban J connectivity index is 1.86. The summed E-state index contributed by atoms with van der Waals surface area (Å²) >= 11 is 0. The molecule has 2 heterocycles. The van der Waals surface area contributed by atoms with Crippen LogP contribution in [-0.4, -0.2) is 38.4 Å². The van der Waals surface area contributed by atoms with E-state index in [1.54, 1.807) is 54.9 Å². The van der Waals surface area contributed by atoms with Crippen molar-refractivity contribution in [3.63, 3.8) is 0 Å². The van der Waals surface area contributed by atoms with E-state index in [0.29, 0.717) is 23.5 Å². The van der Waals surface area contributed by atoms with E-state index in [1.165, 1.54) is 17.0 Å². The number of likely N-dealkylation sites (tertiary alicyclic amines) is 1. The van der Waals surface area contributed by atoms with E-state index in [4.69, 9.17) is 4.74 Å². The highest BCUT2D eigenvalue weighted by atomic mass is 16.5. The zero-order chi connectivity index (χ0) is 25.1. The van der Waals surface area contributed by atoms with E-state index in [9.17, 15) is 19.8 Å². The van der Waals surface area contributed by atoms with Gasteiger partial charge in [-0.15, -0.1) is 0 Å². The molecule has 2 N–H and O–H groups in total. The Morgan fingerprint density at radius 1 is 1.06 bits per heavy atom. The maximum atomic E-state index is 13.3. The minimum absolute atomic E-state index is 0.00797. The number of Topliss-reactive ketones (excluding diaryl/α,β-unsaturated/α-hetero) is 1. The molecule has 2 aromatic carbocycles. The van der Waals surface area contributed by atoms with Gasteiger partial charge in [-0.1, -0.05) is 26.0 Å². The Labute approximate surface area is 204 Å². The molecule has 1 unspecified atom stereocenters. The van der Waals surface area contributed by atoms with Gasteiger partial charge in [-0.2, -0.15) is 0 Å². The number of hydrogen-bond donors (Lipinski definition) is 2. The Hall–Kier alpha value is -4.13. The van der Waals surface area contributed by atoms with Crippen molar-refractivity contribution in [2.45, 2.75) is 39.3 Å². The minimum atomic E-state index is -0.821. The number of aromatic hydroxyl groups is 1. The summed E-state index contributed by atoms with van der Waals surface area (Å²) in [5.74, 6) is -0.804. The summed E-state index contributed by atoms with van der Waals surface area (Å²) in [6.45, 7) is 6.61. The van der Waals surface area contributed by atoms with Crippen LogP contribution < -0.4 is 4.74 Å². The Morgan fingerprint density at radius 2 is 1.74 bits per heavy atom. The number of pyridine rings is 1. The SMILES string of the molecule is CCOc1ccc(/C(O)=C2/C(=O)C(=O)N(Cc3ccncc3)C2c2ccc(O)cc2)cc1C(C)C. The highest BCUT2D eigenvalue weighted by Crippen LogP contribution is 2.41. The van der Waals surface area contributed by atoms with Crippen LogP contribution in [0, 0.1) is 0 Å². The number of carbonyl (C=O) groups excluding carboxylic acids is 2. The lowest BCUT2D eigenvalue weighted by Crippen LogP contribution is -2.29. The van der Waals surface area contributed by atoms with Crippen LogP contribution in [-0.2, 0) is 16.1 Å². The summed E-state index contributed by atoms with van der Waals surface area (Å²) in [5.41, 5.74) is 2.74. The Kier molecular flexibility index (Phi) is 6.87. The van der Waals surface area contributed by atoms with Crippen LogP contribution in [0.2, 0.25) is 0 Å². The lowest BCUT2D eigenvalue weighted by Gasteiger charge is -2.25. The highest BCUT2D eigenvalue weighted by molar-refractivity contribution is 6.46. The molecule has 1 aliphatic heterocycles. The number of phenolic OH excluding ortho intramolecular Hbond substituents is 1. The topological polar surface area (TPSA) is 100.0 Å². The second-order valence-electron chi connectivity index (χ2n) is 8.71. The number of ether oxygens (including phenoxy) is 1. The number of phenols is 1. The van der Waals surface area contributed by atoms with Gasteiger partial charge in [0.15, 0.2) is 0 Å². The van der Waals surface area contributed by atoms with E-state index < -0.39 is 17.7 Å². The van der Waals surface area contributed by atoms with E-state index in [0.717, 1.165) is 11.1 Å². The number of rotatable bonds is 7. The average molecular weight is 473 g/mol. The fraction of sp³-hybridized carbons (Fsp3) is 0.250. The van der Waals surface area contributed by atoms with Gasteiger partial charge in [0.2, 0.25) is 0 Å². The molecule has 3 aromatic rings. The predicted octanol–water partition coefficient (Wildman–Crippen LogP) is 4.93. The molecule has 0 radical (unpaired) electrons. The van der Waals surface area contributed by atoms with Gasteiger partial charge < -0.3 is 19.8 Å². The normalized spacial score (nSPS) is 17.3. The summed E-state index contributed by atoms with van der Waals surface area (Å²) in [7, 11) is 0. The molecule has 0 aliphatic carbocycles. The first-order valence-corrected chi connectivity index (χ1v) is 11.5. The quantitative estimate of drug-likeness (QED) is 0.287. The van der Waals surface area contributed by atoms with Gasteiger partial charge in [-0.05, 0) is 72.0 Å². The average Bonchev–Trinajstić information content (AvgIpc) is 3.10. The van der Waals surface area contributed by atoms with Gasteiger partial charge in [-0.3, -0.25) is 14.6 Å². The molecular formula is C28H28N2O5. The van der Waals surface area contributed by atoms with Gasteiger partial charge in [0.1, 0.15) is 17.3 Å².